The molecule has 10 heteroatoms. The Morgan fingerprint density at radius 3 is 2.50 bits per heavy atom. The summed E-state index contributed by atoms with van der Waals surface area (Å²) in [6.07, 6.45) is 13.4. The van der Waals surface area contributed by atoms with Crippen LogP contribution in [0.25, 0.3) is 0 Å². The molecule has 2 saturated carbocycles. The monoisotopic (exact) mass is 547 g/mol. The van der Waals surface area contributed by atoms with Gasteiger partial charge in [0.2, 0.25) is 11.9 Å². The number of rotatable bonds is 5. The van der Waals surface area contributed by atoms with Gasteiger partial charge in [-0.3, -0.25) is 9.59 Å². The predicted octanol–water partition coefficient (Wildman–Crippen LogP) is 4.59. The number of halogens is 1. The highest BCUT2D eigenvalue weighted by Gasteiger charge is 2.53. The molecular weight excluding hydrogens is 509 g/mol. The van der Waals surface area contributed by atoms with Crippen molar-refractivity contribution in [1.82, 2.24) is 20.2 Å². The Morgan fingerprint density at radius 2 is 1.80 bits per heavy atom. The normalized spacial score (nSPS) is 27.6. The molecule has 0 radical (unpaired) electrons. The van der Waals surface area contributed by atoms with Gasteiger partial charge in [-0.1, -0.05) is 19.3 Å². The molecule has 1 aromatic carbocycles. The molecule has 212 valence electrons. The second kappa shape index (κ2) is 9.98. The number of carbonyl (C=O) groups is 2. The van der Waals surface area contributed by atoms with Crippen molar-refractivity contribution in [3.8, 4) is 0 Å². The number of anilines is 4. The third kappa shape index (κ3) is 4.70. The van der Waals surface area contributed by atoms with E-state index in [1.165, 1.54) is 38.2 Å². The zero-order valence-electron chi connectivity index (χ0n) is 23.1. The number of nitrogens with zero attached hydrogens (tertiary/aromatic N) is 4. The molecule has 2 aromatic rings. The molecule has 7 rings (SSSR count). The number of piperidine rings is 2. The first kappa shape index (κ1) is 25.7. The molecule has 2 saturated heterocycles. The topological polar surface area (TPSA) is 102 Å². The van der Waals surface area contributed by atoms with Crippen molar-refractivity contribution < 1.29 is 14.0 Å². The van der Waals surface area contributed by atoms with E-state index in [9.17, 15) is 9.59 Å². The van der Waals surface area contributed by atoms with Gasteiger partial charge in [0.15, 0.2) is 5.82 Å². The maximum Gasteiger partial charge on any atom is 0.251 e. The number of fused-ring (bicyclic) bond motifs is 3. The maximum absolute atomic E-state index is 15.2. The van der Waals surface area contributed by atoms with Crippen molar-refractivity contribution in [3.63, 3.8) is 0 Å². The molecule has 3 atom stereocenters. The van der Waals surface area contributed by atoms with E-state index >= 15 is 4.39 Å². The standard InChI is InChI=1S/C30H38FN7O2/c1-37-21-7-4-8-22(37)15-19(14-21)33-27(39)18-9-10-24(23(31)13-18)35-29-32-16-25-26(36-29)38(20-5-2-3-6-20)17-30(11-12-30)28(40)34-25/h9-10,13,16,19-22H,2-8,11-12,14-15,17H2,1H3,(H,33,39)(H,34,40)(H,32,35,36)/t19-,21+,22-. The minimum Gasteiger partial charge on any atom is -0.351 e. The average molecular weight is 548 g/mol. The zero-order chi connectivity index (χ0) is 27.4. The lowest BCUT2D eigenvalue weighted by molar-refractivity contribution is -0.120. The molecule has 4 heterocycles. The van der Waals surface area contributed by atoms with Crippen molar-refractivity contribution in [2.45, 2.75) is 94.8 Å². The van der Waals surface area contributed by atoms with E-state index in [-0.39, 0.29) is 34.9 Å². The summed E-state index contributed by atoms with van der Waals surface area (Å²) >= 11 is 0. The summed E-state index contributed by atoms with van der Waals surface area (Å²) < 4.78 is 15.2. The number of nitrogens with one attached hydrogen (secondary N) is 3. The summed E-state index contributed by atoms with van der Waals surface area (Å²) in [6.45, 7) is 0.657. The Balaban J connectivity index is 1.07. The third-order valence-electron chi connectivity index (χ3n) is 10.0. The van der Waals surface area contributed by atoms with E-state index in [1.54, 1.807) is 18.3 Å². The SMILES string of the molecule is CN1[C@@H]2CCC[C@H]1C[C@@H](NC(=O)c1ccc(Nc3ncc4c(n3)N(C3CCCC3)CC3(CC3)C(=O)N4)c(F)c1)C2. The smallest absolute Gasteiger partial charge is 0.251 e. The van der Waals surface area contributed by atoms with Gasteiger partial charge >= 0.3 is 0 Å². The van der Waals surface area contributed by atoms with Crippen molar-refractivity contribution in [2.24, 2.45) is 5.41 Å². The molecular formula is C30H38FN7O2. The van der Waals surface area contributed by atoms with Crippen molar-refractivity contribution in [2.75, 3.05) is 29.1 Å². The Morgan fingerprint density at radius 1 is 1.07 bits per heavy atom. The van der Waals surface area contributed by atoms with Gasteiger partial charge in [0.1, 0.15) is 11.5 Å². The van der Waals surface area contributed by atoms with Gasteiger partial charge in [-0.05, 0) is 76.6 Å². The number of amides is 2. The van der Waals surface area contributed by atoms with Crippen LogP contribution in [0.1, 0.15) is 81.0 Å². The maximum atomic E-state index is 15.2. The molecule has 5 aliphatic rings. The van der Waals surface area contributed by atoms with Crippen LogP contribution >= 0.6 is 0 Å². The molecule has 2 aliphatic carbocycles. The number of carbonyl (C=O) groups excluding carboxylic acids is 2. The lowest BCUT2D eigenvalue weighted by Gasteiger charge is -2.47. The summed E-state index contributed by atoms with van der Waals surface area (Å²) in [4.78, 5) is 39.8. The first-order valence-corrected chi connectivity index (χ1v) is 14.9. The van der Waals surface area contributed by atoms with Crippen LogP contribution in [0.5, 0.6) is 0 Å². The number of benzene rings is 1. The average Bonchev–Trinajstić information content (AvgIpc) is 3.55. The molecule has 0 unspecified atom stereocenters. The highest BCUT2D eigenvalue weighted by atomic mass is 19.1. The van der Waals surface area contributed by atoms with Crippen LogP contribution in [-0.2, 0) is 4.79 Å². The van der Waals surface area contributed by atoms with Gasteiger partial charge in [-0.25, -0.2) is 9.37 Å². The summed E-state index contributed by atoms with van der Waals surface area (Å²) in [6, 6.07) is 5.96. The Hall–Kier alpha value is -3.27. The highest BCUT2D eigenvalue weighted by molar-refractivity contribution is 6.01. The van der Waals surface area contributed by atoms with Gasteiger partial charge < -0.3 is 25.8 Å². The summed E-state index contributed by atoms with van der Waals surface area (Å²) in [5, 5.41) is 9.20. The fourth-order valence-electron chi connectivity index (χ4n) is 7.40. The van der Waals surface area contributed by atoms with Crippen LogP contribution in [0.3, 0.4) is 0 Å². The minimum atomic E-state index is -0.538. The van der Waals surface area contributed by atoms with E-state index in [2.05, 4.69) is 37.8 Å². The highest BCUT2D eigenvalue weighted by Crippen LogP contribution is 2.51. The van der Waals surface area contributed by atoms with Gasteiger partial charge in [0.05, 0.1) is 17.3 Å². The number of hydrogen-bond donors (Lipinski definition) is 3. The summed E-state index contributed by atoms with van der Waals surface area (Å²) in [7, 11) is 2.19. The van der Waals surface area contributed by atoms with E-state index < -0.39 is 5.82 Å². The van der Waals surface area contributed by atoms with Crippen molar-refractivity contribution in [1.29, 1.82) is 0 Å². The molecule has 3 N–H and O–H groups in total. The second-order valence-electron chi connectivity index (χ2n) is 12.6. The first-order valence-electron chi connectivity index (χ1n) is 14.9. The van der Waals surface area contributed by atoms with E-state index in [0.29, 0.717) is 41.7 Å². The predicted molar refractivity (Wildman–Crippen MR) is 151 cm³/mol. The quantitative estimate of drug-likeness (QED) is 0.503. The molecule has 2 bridgehead atoms. The Kier molecular flexibility index (Phi) is 6.40. The van der Waals surface area contributed by atoms with Gasteiger partial charge in [-0.15, -0.1) is 0 Å². The van der Waals surface area contributed by atoms with Crippen LogP contribution in [-0.4, -0.2) is 64.4 Å². The third-order valence-corrected chi connectivity index (χ3v) is 10.0. The molecule has 2 amide bonds. The van der Waals surface area contributed by atoms with Crippen LogP contribution in [0, 0.1) is 11.2 Å². The molecule has 4 fully saturated rings. The first-order chi connectivity index (χ1) is 19.4. The van der Waals surface area contributed by atoms with Gasteiger partial charge in [0, 0.05) is 36.3 Å². The molecule has 9 nitrogen and oxygen atoms in total. The van der Waals surface area contributed by atoms with Crippen molar-refractivity contribution >= 4 is 35.0 Å². The van der Waals surface area contributed by atoms with E-state index in [0.717, 1.165) is 38.5 Å². The Bertz CT molecular complexity index is 1310. The minimum absolute atomic E-state index is 0.0434. The van der Waals surface area contributed by atoms with Crippen molar-refractivity contribution in [3.05, 3.63) is 35.8 Å². The molecule has 40 heavy (non-hydrogen) atoms. The van der Waals surface area contributed by atoms with E-state index in [1.807, 2.05) is 0 Å². The van der Waals surface area contributed by atoms with Crippen LogP contribution in [0.2, 0.25) is 0 Å². The molecule has 1 aromatic heterocycles. The summed E-state index contributed by atoms with van der Waals surface area (Å²) in [5.74, 6) is 0.222. The van der Waals surface area contributed by atoms with Crippen LogP contribution in [0.15, 0.2) is 24.4 Å². The van der Waals surface area contributed by atoms with Crippen LogP contribution in [0.4, 0.5) is 27.5 Å². The summed E-state index contributed by atoms with van der Waals surface area (Å²) in [5.41, 5.74) is 0.775. The van der Waals surface area contributed by atoms with Crippen LogP contribution < -0.4 is 20.9 Å². The fourth-order valence-corrected chi connectivity index (χ4v) is 7.40. The number of aromatic nitrogens is 2. The fraction of sp³-hybridized carbons (Fsp3) is 0.600. The molecule has 3 aliphatic heterocycles. The van der Waals surface area contributed by atoms with Gasteiger partial charge in [0.25, 0.3) is 5.91 Å². The van der Waals surface area contributed by atoms with E-state index in [4.69, 9.17) is 4.98 Å². The lowest BCUT2D eigenvalue weighted by Crippen LogP contribution is -2.55. The number of hydrogen-bond acceptors (Lipinski definition) is 7. The lowest BCUT2D eigenvalue weighted by atomic mass is 9.82. The second-order valence-corrected chi connectivity index (χ2v) is 12.6. The zero-order valence-corrected chi connectivity index (χ0v) is 23.1. The molecule has 1 spiro atoms. The largest absolute Gasteiger partial charge is 0.351 e. The Labute approximate surface area is 234 Å². The van der Waals surface area contributed by atoms with Gasteiger partial charge in [-0.2, -0.15) is 4.98 Å².